The number of nitrogens with zero attached hydrogens (tertiary/aromatic N) is 1. The van der Waals surface area contributed by atoms with Gasteiger partial charge in [0, 0.05) is 29.6 Å². The van der Waals surface area contributed by atoms with Gasteiger partial charge in [-0.15, -0.1) is 0 Å². The van der Waals surface area contributed by atoms with Gasteiger partial charge in [0.1, 0.15) is 0 Å². The van der Waals surface area contributed by atoms with Crippen molar-refractivity contribution in [2.24, 2.45) is 5.84 Å². The zero-order valence-corrected chi connectivity index (χ0v) is 16.3. The molecule has 6 heteroatoms. The summed E-state index contributed by atoms with van der Waals surface area (Å²) in [7, 11) is 1.80. The van der Waals surface area contributed by atoms with Crippen LogP contribution >= 0.6 is 0 Å². The number of anilines is 1. The van der Waals surface area contributed by atoms with Gasteiger partial charge in [-0.1, -0.05) is 48.0 Å². The van der Waals surface area contributed by atoms with Crippen LogP contribution in [-0.4, -0.2) is 24.1 Å². The van der Waals surface area contributed by atoms with Crippen LogP contribution in [0.15, 0.2) is 66.0 Å². The van der Waals surface area contributed by atoms with Crippen molar-refractivity contribution in [1.82, 2.24) is 10.3 Å². The molecule has 0 saturated carbocycles. The number of nitrogens with two attached hydrogens (primary N) is 1. The number of hydrogen-bond acceptors (Lipinski definition) is 6. The lowest BCUT2D eigenvalue weighted by Gasteiger charge is -2.31. The topological polar surface area (TPSA) is 93.5 Å². The molecule has 1 unspecified atom stereocenters. The van der Waals surface area contributed by atoms with Crippen molar-refractivity contribution in [2.75, 3.05) is 12.4 Å². The average Bonchev–Trinajstić information content (AvgIpc) is 2.69. The fourth-order valence-corrected chi connectivity index (χ4v) is 3.37. The first kappa shape index (κ1) is 19.5. The van der Waals surface area contributed by atoms with Gasteiger partial charge in [-0.2, -0.15) is 0 Å². The first-order valence-electron chi connectivity index (χ1n) is 9.16. The Kier molecular flexibility index (Phi) is 5.70. The molecular weight excluding hydrogens is 352 g/mol. The number of nitrogens with one attached hydrogen (secondary N) is 2. The van der Waals surface area contributed by atoms with Gasteiger partial charge in [-0.05, 0) is 31.6 Å². The maximum atomic E-state index is 11.7. The van der Waals surface area contributed by atoms with Crippen molar-refractivity contribution < 1.29 is 9.90 Å². The lowest BCUT2D eigenvalue weighted by Crippen LogP contribution is -2.38. The Bertz CT molecular complexity index is 932. The number of aliphatic carboxylic acids is 1. The molecule has 2 aromatic rings. The number of fused-ring (bicyclic) bond motifs is 1. The predicted octanol–water partition coefficient (Wildman–Crippen LogP) is 1.75. The SMILES string of the molecule is CN/C(=C(/C)N(N)Cc1ccc(C)cc1)C1C=C(C(=O)[O-])c2ccccc2N1. The number of allylic oxidation sites excluding steroid dienone is 1. The Balaban J connectivity index is 1.91. The van der Waals surface area contributed by atoms with E-state index >= 15 is 0 Å². The van der Waals surface area contributed by atoms with Gasteiger partial charge >= 0.3 is 0 Å². The van der Waals surface area contributed by atoms with Crippen LogP contribution in [0.5, 0.6) is 0 Å². The standard InChI is InChI=1S/C22H26N4O2/c1-14-8-10-16(11-9-14)13-26(23)15(2)21(24-3)20-12-18(22(27)28)17-6-4-5-7-19(17)25-20/h4-12,20,24-25H,13,23H2,1-3H3,(H,27,28)/p-1/b21-15-. The summed E-state index contributed by atoms with van der Waals surface area (Å²) >= 11 is 0. The molecule has 1 aliphatic rings. The molecular formula is C22H25N4O2-. The van der Waals surface area contributed by atoms with Crippen LogP contribution in [-0.2, 0) is 11.3 Å². The number of carboxylic acids is 1. The molecule has 0 fully saturated rings. The molecule has 0 saturated heterocycles. The first-order valence-corrected chi connectivity index (χ1v) is 9.16. The van der Waals surface area contributed by atoms with Crippen LogP contribution in [0.25, 0.3) is 5.57 Å². The molecule has 6 nitrogen and oxygen atoms in total. The van der Waals surface area contributed by atoms with E-state index in [1.165, 1.54) is 5.56 Å². The minimum Gasteiger partial charge on any atom is -0.545 e. The molecule has 1 heterocycles. The molecule has 2 aromatic carbocycles. The second-order valence-corrected chi connectivity index (χ2v) is 6.90. The van der Waals surface area contributed by atoms with Crippen molar-refractivity contribution in [1.29, 1.82) is 0 Å². The Morgan fingerprint density at radius 2 is 1.89 bits per heavy atom. The van der Waals surface area contributed by atoms with Crippen molar-refractivity contribution in [2.45, 2.75) is 26.4 Å². The quantitative estimate of drug-likeness (QED) is 0.525. The molecule has 1 aliphatic heterocycles. The van der Waals surface area contributed by atoms with E-state index in [1.807, 2.05) is 38.1 Å². The summed E-state index contributed by atoms with van der Waals surface area (Å²) in [5.74, 6) is 5.12. The van der Waals surface area contributed by atoms with Crippen LogP contribution in [0.2, 0.25) is 0 Å². The minimum atomic E-state index is -1.20. The maximum Gasteiger partial charge on any atom is 0.0872 e. The minimum absolute atomic E-state index is 0.169. The number of likely N-dealkylation sites (N-methyl/N-ethyl adjacent to an activating group) is 1. The summed E-state index contributed by atoms with van der Waals surface area (Å²) < 4.78 is 0. The molecule has 28 heavy (non-hydrogen) atoms. The van der Waals surface area contributed by atoms with E-state index in [-0.39, 0.29) is 11.6 Å². The average molecular weight is 377 g/mol. The molecule has 1 atom stereocenters. The van der Waals surface area contributed by atoms with Gasteiger partial charge in [0.2, 0.25) is 0 Å². The van der Waals surface area contributed by atoms with Gasteiger partial charge in [0.25, 0.3) is 0 Å². The second-order valence-electron chi connectivity index (χ2n) is 6.90. The summed E-state index contributed by atoms with van der Waals surface area (Å²) in [5, 5.41) is 19.9. The van der Waals surface area contributed by atoms with Crippen molar-refractivity contribution in [3.8, 4) is 0 Å². The molecule has 0 aromatic heterocycles. The van der Waals surface area contributed by atoms with Crippen LogP contribution in [0.4, 0.5) is 5.69 Å². The lowest BCUT2D eigenvalue weighted by molar-refractivity contribution is -0.295. The Labute approximate surface area is 165 Å². The maximum absolute atomic E-state index is 11.7. The van der Waals surface area contributed by atoms with Crippen molar-refractivity contribution in [3.05, 3.63) is 82.7 Å². The molecule has 0 bridgehead atoms. The monoisotopic (exact) mass is 377 g/mol. The molecule has 0 aliphatic carbocycles. The molecule has 0 amide bonds. The van der Waals surface area contributed by atoms with Crippen LogP contribution in [0.3, 0.4) is 0 Å². The summed E-state index contributed by atoms with van der Waals surface area (Å²) in [6, 6.07) is 15.1. The van der Waals surface area contributed by atoms with E-state index in [2.05, 4.69) is 22.8 Å². The highest BCUT2D eigenvalue weighted by atomic mass is 16.4. The molecule has 0 spiro atoms. The third-order valence-electron chi connectivity index (χ3n) is 4.96. The molecule has 146 valence electrons. The molecule has 0 radical (unpaired) electrons. The van der Waals surface area contributed by atoms with E-state index in [9.17, 15) is 9.90 Å². The van der Waals surface area contributed by atoms with Gasteiger partial charge in [0.15, 0.2) is 0 Å². The van der Waals surface area contributed by atoms with Crippen LogP contribution in [0, 0.1) is 6.92 Å². The highest BCUT2D eigenvalue weighted by Crippen LogP contribution is 2.31. The third-order valence-corrected chi connectivity index (χ3v) is 4.96. The fourth-order valence-electron chi connectivity index (χ4n) is 3.37. The second kappa shape index (κ2) is 8.19. The smallest absolute Gasteiger partial charge is 0.0872 e. The Hall–Kier alpha value is -3.25. The zero-order valence-electron chi connectivity index (χ0n) is 16.3. The van der Waals surface area contributed by atoms with Gasteiger partial charge in [-0.25, -0.2) is 5.84 Å². The zero-order chi connectivity index (χ0) is 20.3. The van der Waals surface area contributed by atoms with E-state index in [1.54, 1.807) is 30.3 Å². The van der Waals surface area contributed by atoms with Gasteiger partial charge < -0.3 is 25.5 Å². The number of aryl methyl sites for hydroxylation is 1. The number of para-hydroxylation sites is 1. The first-order chi connectivity index (χ1) is 13.4. The fraction of sp³-hybridized carbons (Fsp3) is 0.227. The van der Waals surface area contributed by atoms with Crippen molar-refractivity contribution in [3.63, 3.8) is 0 Å². The van der Waals surface area contributed by atoms with E-state index in [4.69, 9.17) is 5.84 Å². The van der Waals surface area contributed by atoms with Crippen LogP contribution < -0.4 is 21.6 Å². The summed E-state index contributed by atoms with van der Waals surface area (Å²) in [5.41, 5.74) is 5.43. The van der Waals surface area contributed by atoms with Gasteiger partial charge in [0.05, 0.1) is 24.3 Å². The normalized spacial score (nSPS) is 16.3. The lowest BCUT2D eigenvalue weighted by atomic mass is 9.95. The van der Waals surface area contributed by atoms with E-state index in [0.717, 1.165) is 22.6 Å². The third kappa shape index (κ3) is 4.02. The molecule has 3 rings (SSSR count). The number of hydrogen-bond donors (Lipinski definition) is 3. The van der Waals surface area contributed by atoms with E-state index in [0.29, 0.717) is 12.1 Å². The van der Waals surface area contributed by atoms with Crippen molar-refractivity contribution >= 4 is 17.2 Å². The highest BCUT2D eigenvalue weighted by molar-refractivity contribution is 6.17. The largest absolute Gasteiger partial charge is 0.545 e. The van der Waals surface area contributed by atoms with E-state index < -0.39 is 5.97 Å². The number of carbonyl (C=O) groups excluding carboxylic acids is 1. The predicted molar refractivity (Wildman–Crippen MR) is 110 cm³/mol. The summed E-state index contributed by atoms with van der Waals surface area (Å²) in [6.07, 6.45) is 1.66. The van der Waals surface area contributed by atoms with Crippen LogP contribution in [0.1, 0.15) is 23.6 Å². The molecule has 4 N–H and O–H groups in total. The highest BCUT2D eigenvalue weighted by Gasteiger charge is 2.23. The number of benzene rings is 2. The Morgan fingerprint density at radius 1 is 1.21 bits per heavy atom. The van der Waals surface area contributed by atoms with Gasteiger partial charge in [-0.3, -0.25) is 0 Å². The number of hydrazine groups is 1. The summed E-state index contributed by atoms with van der Waals surface area (Å²) in [6.45, 7) is 4.49. The number of carbonyl (C=O) groups is 1. The Morgan fingerprint density at radius 3 is 2.54 bits per heavy atom. The number of carboxylic acid groups (broad SMARTS) is 1. The summed E-state index contributed by atoms with van der Waals surface area (Å²) in [4.78, 5) is 11.7. The number of rotatable bonds is 6.